The lowest BCUT2D eigenvalue weighted by Crippen LogP contribution is -2.30. The summed E-state index contributed by atoms with van der Waals surface area (Å²) in [4.78, 5) is 25.4. The highest BCUT2D eigenvalue weighted by Crippen LogP contribution is 2.39. The summed E-state index contributed by atoms with van der Waals surface area (Å²) >= 11 is 3.45. The lowest BCUT2D eigenvalue weighted by atomic mass is 10.1. The number of aryl methyl sites for hydroxylation is 1. The summed E-state index contributed by atoms with van der Waals surface area (Å²) in [6.07, 6.45) is 0.748. The molecule has 28 heavy (non-hydrogen) atoms. The number of nitrogens with one attached hydrogen (secondary N) is 1. The van der Waals surface area contributed by atoms with Crippen molar-refractivity contribution in [1.29, 1.82) is 0 Å². The van der Waals surface area contributed by atoms with Crippen LogP contribution in [-0.4, -0.2) is 22.5 Å². The molecule has 2 heterocycles. The Hall–Kier alpha value is -2.87. The Bertz CT molecular complexity index is 1130. The van der Waals surface area contributed by atoms with Gasteiger partial charge in [-0.2, -0.15) is 5.10 Å². The first kappa shape index (κ1) is 18.5. The van der Waals surface area contributed by atoms with E-state index in [2.05, 4.69) is 26.3 Å². The van der Waals surface area contributed by atoms with Gasteiger partial charge in [-0.3, -0.25) is 9.59 Å². The van der Waals surface area contributed by atoms with Gasteiger partial charge in [0.2, 0.25) is 6.79 Å². The number of hydrogen-bond donors (Lipinski definition) is 1. The van der Waals surface area contributed by atoms with Crippen molar-refractivity contribution in [3.63, 3.8) is 0 Å². The van der Waals surface area contributed by atoms with Gasteiger partial charge in [-0.25, -0.2) is 4.68 Å². The van der Waals surface area contributed by atoms with Crippen molar-refractivity contribution in [1.82, 2.24) is 15.1 Å². The number of benzene rings is 2. The fourth-order valence-electron chi connectivity index (χ4n) is 3.16. The van der Waals surface area contributed by atoms with Gasteiger partial charge in [-0.05, 0) is 46.1 Å². The molecule has 0 saturated carbocycles. The second-order valence-electron chi connectivity index (χ2n) is 6.42. The minimum absolute atomic E-state index is 0.179. The Morgan fingerprint density at radius 1 is 1.25 bits per heavy atom. The van der Waals surface area contributed by atoms with Gasteiger partial charge in [0.1, 0.15) is 0 Å². The maximum absolute atomic E-state index is 12.9. The van der Waals surface area contributed by atoms with E-state index in [9.17, 15) is 9.59 Å². The molecule has 3 aromatic rings. The highest BCUT2D eigenvalue weighted by molar-refractivity contribution is 9.10. The summed E-state index contributed by atoms with van der Waals surface area (Å²) in [6.45, 7) is 2.88. The fraction of sp³-hybridized carbons (Fsp3) is 0.250. The SMILES string of the molecule is CCCn1nc(C(=O)NCc2cc(Br)c3c(c2)OCO3)c2ccccc2c1=O. The molecule has 1 aliphatic rings. The Kier molecular flexibility index (Phi) is 5.04. The van der Waals surface area contributed by atoms with Gasteiger partial charge in [0.05, 0.1) is 9.86 Å². The molecule has 2 aromatic carbocycles. The molecule has 1 aliphatic heterocycles. The van der Waals surface area contributed by atoms with E-state index in [0.717, 1.165) is 16.5 Å². The molecule has 0 fully saturated rings. The molecule has 0 spiro atoms. The Labute approximate surface area is 169 Å². The fourth-order valence-corrected chi connectivity index (χ4v) is 3.76. The molecule has 1 aromatic heterocycles. The molecule has 0 saturated heterocycles. The molecule has 0 atom stereocenters. The van der Waals surface area contributed by atoms with Gasteiger partial charge in [0.25, 0.3) is 11.5 Å². The highest BCUT2D eigenvalue weighted by Gasteiger charge is 2.19. The predicted molar refractivity (Wildman–Crippen MR) is 108 cm³/mol. The zero-order valence-corrected chi connectivity index (χ0v) is 16.8. The number of fused-ring (bicyclic) bond motifs is 2. The van der Waals surface area contributed by atoms with E-state index in [1.165, 1.54) is 4.68 Å². The van der Waals surface area contributed by atoms with Crippen molar-refractivity contribution >= 4 is 32.6 Å². The van der Waals surface area contributed by atoms with E-state index >= 15 is 0 Å². The van der Waals surface area contributed by atoms with Crippen LogP contribution in [0.2, 0.25) is 0 Å². The van der Waals surface area contributed by atoms with Gasteiger partial charge < -0.3 is 14.8 Å². The maximum Gasteiger partial charge on any atom is 0.274 e. The lowest BCUT2D eigenvalue weighted by molar-refractivity contribution is 0.0945. The molecule has 0 radical (unpaired) electrons. The Morgan fingerprint density at radius 2 is 2.04 bits per heavy atom. The van der Waals surface area contributed by atoms with Crippen molar-refractivity contribution in [3.8, 4) is 11.5 Å². The van der Waals surface area contributed by atoms with Crippen molar-refractivity contribution in [2.45, 2.75) is 26.4 Å². The molecule has 144 valence electrons. The first-order valence-electron chi connectivity index (χ1n) is 8.94. The normalized spacial score (nSPS) is 12.4. The van der Waals surface area contributed by atoms with Crippen molar-refractivity contribution in [2.24, 2.45) is 0 Å². The number of amides is 1. The zero-order chi connectivity index (χ0) is 19.7. The summed E-state index contributed by atoms with van der Waals surface area (Å²) in [5.41, 5.74) is 0.910. The number of halogens is 1. The monoisotopic (exact) mass is 443 g/mol. The highest BCUT2D eigenvalue weighted by atomic mass is 79.9. The van der Waals surface area contributed by atoms with Crippen LogP contribution < -0.4 is 20.3 Å². The summed E-state index contributed by atoms with van der Waals surface area (Å²) in [5, 5.41) is 8.23. The third-order valence-electron chi connectivity index (χ3n) is 4.46. The molecule has 0 aliphatic carbocycles. The molecule has 8 heteroatoms. The van der Waals surface area contributed by atoms with E-state index in [4.69, 9.17) is 9.47 Å². The molecule has 0 unspecified atom stereocenters. The number of nitrogens with zero attached hydrogens (tertiary/aromatic N) is 2. The van der Waals surface area contributed by atoms with Gasteiger partial charge in [0, 0.05) is 18.5 Å². The van der Waals surface area contributed by atoms with Crippen molar-refractivity contribution in [3.05, 3.63) is 62.5 Å². The average molecular weight is 444 g/mol. The van der Waals surface area contributed by atoms with Crippen LogP contribution in [0.25, 0.3) is 10.8 Å². The molecule has 0 bridgehead atoms. The number of rotatable bonds is 5. The first-order chi connectivity index (χ1) is 13.6. The molecule has 1 amide bonds. The molecule has 4 rings (SSSR count). The van der Waals surface area contributed by atoms with Crippen LogP contribution in [0.3, 0.4) is 0 Å². The molecular formula is C20H18BrN3O4. The molecular weight excluding hydrogens is 426 g/mol. The predicted octanol–water partition coefficient (Wildman–Crippen LogP) is 3.23. The number of carbonyl (C=O) groups is 1. The van der Waals surface area contributed by atoms with Crippen LogP contribution in [0, 0.1) is 0 Å². The van der Waals surface area contributed by atoms with Gasteiger partial charge in [-0.1, -0.05) is 25.1 Å². The van der Waals surface area contributed by atoms with Crippen LogP contribution in [0.5, 0.6) is 11.5 Å². The van der Waals surface area contributed by atoms with Crippen LogP contribution in [0.4, 0.5) is 0 Å². The minimum Gasteiger partial charge on any atom is -0.454 e. The third-order valence-corrected chi connectivity index (χ3v) is 5.05. The number of aromatic nitrogens is 2. The number of carbonyl (C=O) groups excluding carboxylic acids is 1. The number of ether oxygens (including phenoxy) is 2. The standard InChI is InChI=1S/C20H18BrN3O4/c1-2-7-24-20(26)14-6-4-3-5-13(14)17(23-24)19(25)22-10-12-8-15(21)18-16(9-12)27-11-28-18/h3-6,8-9H,2,7,10-11H2,1H3,(H,22,25). The van der Waals surface area contributed by atoms with Crippen molar-refractivity contribution < 1.29 is 14.3 Å². The minimum atomic E-state index is -0.338. The second-order valence-corrected chi connectivity index (χ2v) is 7.27. The van der Waals surface area contributed by atoms with Crippen LogP contribution in [0.1, 0.15) is 29.4 Å². The first-order valence-corrected chi connectivity index (χ1v) is 9.74. The van der Waals surface area contributed by atoms with E-state index in [1.54, 1.807) is 24.3 Å². The second kappa shape index (κ2) is 7.63. The van der Waals surface area contributed by atoms with Crippen LogP contribution in [0.15, 0.2) is 45.7 Å². The maximum atomic E-state index is 12.9. The van der Waals surface area contributed by atoms with Gasteiger partial charge in [-0.15, -0.1) is 0 Å². The molecule has 7 nitrogen and oxygen atoms in total. The number of hydrogen-bond acceptors (Lipinski definition) is 5. The van der Waals surface area contributed by atoms with Crippen LogP contribution in [-0.2, 0) is 13.1 Å². The average Bonchev–Trinajstić information content (AvgIpc) is 3.18. The summed E-state index contributed by atoms with van der Waals surface area (Å²) in [6, 6.07) is 10.7. The third kappa shape index (κ3) is 3.35. The van der Waals surface area contributed by atoms with E-state index < -0.39 is 0 Å². The van der Waals surface area contributed by atoms with E-state index in [-0.39, 0.29) is 30.5 Å². The largest absolute Gasteiger partial charge is 0.454 e. The summed E-state index contributed by atoms with van der Waals surface area (Å²) < 4.78 is 12.9. The summed E-state index contributed by atoms with van der Waals surface area (Å²) in [7, 11) is 0. The van der Waals surface area contributed by atoms with E-state index in [1.807, 2.05) is 19.1 Å². The Balaban J connectivity index is 1.63. The Morgan fingerprint density at radius 3 is 2.82 bits per heavy atom. The van der Waals surface area contributed by atoms with Crippen LogP contribution >= 0.6 is 15.9 Å². The smallest absolute Gasteiger partial charge is 0.274 e. The van der Waals surface area contributed by atoms with Gasteiger partial charge in [0.15, 0.2) is 17.2 Å². The quantitative estimate of drug-likeness (QED) is 0.654. The lowest BCUT2D eigenvalue weighted by Gasteiger charge is -2.11. The molecule has 1 N–H and O–H groups in total. The van der Waals surface area contributed by atoms with Gasteiger partial charge >= 0.3 is 0 Å². The van der Waals surface area contributed by atoms with E-state index in [0.29, 0.717) is 28.8 Å². The summed E-state index contributed by atoms with van der Waals surface area (Å²) in [5.74, 6) is 0.961. The van der Waals surface area contributed by atoms with Crippen molar-refractivity contribution in [2.75, 3.05) is 6.79 Å². The topological polar surface area (TPSA) is 82.5 Å². The zero-order valence-electron chi connectivity index (χ0n) is 15.2.